The summed E-state index contributed by atoms with van der Waals surface area (Å²) in [5.41, 5.74) is 1.86. The van der Waals surface area contributed by atoms with Gasteiger partial charge < -0.3 is 4.74 Å². The van der Waals surface area contributed by atoms with Gasteiger partial charge in [0, 0.05) is 23.7 Å². The van der Waals surface area contributed by atoms with E-state index in [1.54, 1.807) is 25.6 Å². The van der Waals surface area contributed by atoms with E-state index in [-0.39, 0.29) is 11.5 Å². The molecule has 2 aromatic rings. The largest absolute Gasteiger partial charge is 0.495 e. The molecule has 1 aliphatic heterocycles. The van der Waals surface area contributed by atoms with Gasteiger partial charge in [0.2, 0.25) is 0 Å². The SMILES string of the molecule is COc1cncc(C2=NN(C(=O)c3cccc(F)c3)CC2)c1. The molecule has 0 saturated carbocycles. The highest BCUT2D eigenvalue weighted by molar-refractivity contribution is 6.04. The number of aromatic nitrogens is 1. The number of amides is 1. The van der Waals surface area contributed by atoms with E-state index < -0.39 is 5.82 Å². The maximum Gasteiger partial charge on any atom is 0.274 e. The van der Waals surface area contributed by atoms with E-state index in [4.69, 9.17) is 4.74 Å². The van der Waals surface area contributed by atoms with Crippen LogP contribution in [0.1, 0.15) is 22.3 Å². The van der Waals surface area contributed by atoms with Crippen molar-refractivity contribution in [2.45, 2.75) is 6.42 Å². The molecule has 0 atom stereocenters. The molecule has 1 amide bonds. The number of carbonyl (C=O) groups excluding carboxylic acids is 1. The normalized spacial score (nSPS) is 13.9. The lowest BCUT2D eigenvalue weighted by Gasteiger charge is -2.11. The first-order valence-electron chi connectivity index (χ1n) is 6.81. The molecule has 1 aromatic heterocycles. The van der Waals surface area contributed by atoms with Crippen LogP contribution in [-0.4, -0.2) is 35.3 Å². The lowest BCUT2D eigenvalue weighted by Crippen LogP contribution is -2.23. The fourth-order valence-corrected chi connectivity index (χ4v) is 2.27. The van der Waals surface area contributed by atoms with Gasteiger partial charge in [-0.05, 0) is 24.3 Å². The van der Waals surface area contributed by atoms with Crippen molar-refractivity contribution >= 4 is 11.6 Å². The van der Waals surface area contributed by atoms with E-state index in [0.717, 1.165) is 11.3 Å². The Morgan fingerprint density at radius 1 is 1.32 bits per heavy atom. The molecule has 6 heteroatoms. The van der Waals surface area contributed by atoms with Crippen molar-refractivity contribution in [2.24, 2.45) is 5.10 Å². The zero-order valence-electron chi connectivity index (χ0n) is 12.0. The number of halogens is 1. The highest BCUT2D eigenvalue weighted by Crippen LogP contribution is 2.19. The molecule has 0 saturated heterocycles. The summed E-state index contributed by atoms with van der Waals surface area (Å²) in [5, 5.41) is 5.67. The van der Waals surface area contributed by atoms with E-state index in [9.17, 15) is 9.18 Å². The third-order valence-corrected chi connectivity index (χ3v) is 3.39. The second-order valence-electron chi connectivity index (χ2n) is 4.85. The fraction of sp³-hybridized carbons (Fsp3) is 0.188. The molecular weight excluding hydrogens is 285 g/mol. The molecule has 0 N–H and O–H groups in total. The Bertz CT molecular complexity index is 746. The Morgan fingerprint density at radius 3 is 2.95 bits per heavy atom. The van der Waals surface area contributed by atoms with Crippen LogP contribution in [0, 0.1) is 5.82 Å². The van der Waals surface area contributed by atoms with Crippen molar-refractivity contribution in [2.75, 3.05) is 13.7 Å². The Labute approximate surface area is 127 Å². The minimum atomic E-state index is -0.439. The van der Waals surface area contributed by atoms with Crippen molar-refractivity contribution in [3.8, 4) is 5.75 Å². The highest BCUT2D eigenvalue weighted by atomic mass is 19.1. The van der Waals surface area contributed by atoms with Crippen LogP contribution in [0.15, 0.2) is 47.8 Å². The third-order valence-electron chi connectivity index (χ3n) is 3.39. The third kappa shape index (κ3) is 2.81. The predicted molar refractivity (Wildman–Crippen MR) is 79.4 cm³/mol. The first-order chi connectivity index (χ1) is 10.7. The molecule has 0 aliphatic carbocycles. The molecule has 1 aliphatic rings. The van der Waals surface area contributed by atoms with Gasteiger partial charge in [-0.3, -0.25) is 9.78 Å². The smallest absolute Gasteiger partial charge is 0.274 e. The van der Waals surface area contributed by atoms with E-state index in [1.807, 2.05) is 6.07 Å². The van der Waals surface area contributed by atoms with Gasteiger partial charge >= 0.3 is 0 Å². The average Bonchev–Trinajstić information content (AvgIpc) is 3.04. The fourth-order valence-electron chi connectivity index (χ4n) is 2.27. The molecule has 0 unspecified atom stereocenters. The maximum absolute atomic E-state index is 13.2. The number of hydrogen-bond acceptors (Lipinski definition) is 4. The molecule has 3 rings (SSSR count). The molecule has 0 bridgehead atoms. The van der Waals surface area contributed by atoms with Crippen LogP contribution in [0.4, 0.5) is 4.39 Å². The van der Waals surface area contributed by atoms with Crippen LogP contribution >= 0.6 is 0 Å². The Balaban J connectivity index is 1.83. The van der Waals surface area contributed by atoms with Crippen LogP contribution in [0.2, 0.25) is 0 Å². The summed E-state index contributed by atoms with van der Waals surface area (Å²) in [6.07, 6.45) is 3.90. The van der Waals surface area contributed by atoms with E-state index in [2.05, 4.69) is 10.1 Å². The van der Waals surface area contributed by atoms with Crippen LogP contribution in [0.3, 0.4) is 0 Å². The summed E-state index contributed by atoms with van der Waals surface area (Å²) >= 11 is 0. The second kappa shape index (κ2) is 5.93. The van der Waals surface area contributed by atoms with Gasteiger partial charge in [-0.1, -0.05) is 6.07 Å². The van der Waals surface area contributed by atoms with Gasteiger partial charge in [-0.25, -0.2) is 9.40 Å². The monoisotopic (exact) mass is 299 g/mol. The lowest BCUT2D eigenvalue weighted by molar-refractivity contribution is 0.0778. The molecule has 112 valence electrons. The van der Waals surface area contributed by atoms with Gasteiger partial charge in [0.05, 0.1) is 25.6 Å². The van der Waals surface area contributed by atoms with E-state index in [0.29, 0.717) is 18.7 Å². The van der Waals surface area contributed by atoms with E-state index >= 15 is 0 Å². The van der Waals surface area contributed by atoms with Crippen molar-refractivity contribution in [1.82, 2.24) is 9.99 Å². The van der Waals surface area contributed by atoms with Crippen molar-refractivity contribution in [3.63, 3.8) is 0 Å². The maximum atomic E-state index is 13.2. The van der Waals surface area contributed by atoms with Gasteiger partial charge in [0.1, 0.15) is 11.6 Å². The van der Waals surface area contributed by atoms with Crippen LogP contribution in [0.25, 0.3) is 0 Å². The quantitative estimate of drug-likeness (QED) is 0.875. The summed E-state index contributed by atoms with van der Waals surface area (Å²) in [5.74, 6) is -0.119. The van der Waals surface area contributed by atoms with Crippen LogP contribution in [-0.2, 0) is 0 Å². The zero-order valence-corrected chi connectivity index (χ0v) is 12.0. The number of rotatable bonds is 3. The van der Waals surface area contributed by atoms with Gasteiger partial charge in [0.15, 0.2) is 0 Å². The number of hydrazone groups is 1. The zero-order chi connectivity index (χ0) is 15.5. The summed E-state index contributed by atoms with van der Waals surface area (Å²) in [6, 6.07) is 7.42. The Morgan fingerprint density at radius 2 is 2.18 bits per heavy atom. The highest BCUT2D eigenvalue weighted by Gasteiger charge is 2.23. The number of ether oxygens (including phenoxy) is 1. The van der Waals surface area contributed by atoms with Gasteiger partial charge in [-0.15, -0.1) is 0 Å². The molecular formula is C16H14FN3O2. The average molecular weight is 299 g/mol. The number of pyridine rings is 1. The Kier molecular flexibility index (Phi) is 3.82. The number of methoxy groups -OCH3 is 1. The molecule has 0 radical (unpaired) electrons. The second-order valence-corrected chi connectivity index (χ2v) is 4.85. The van der Waals surface area contributed by atoms with Crippen LogP contribution in [0.5, 0.6) is 5.75 Å². The minimum absolute atomic E-state index is 0.286. The van der Waals surface area contributed by atoms with Gasteiger partial charge in [0.25, 0.3) is 5.91 Å². The lowest BCUT2D eigenvalue weighted by atomic mass is 10.1. The number of benzene rings is 1. The first kappa shape index (κ1) is 14.2. The molecule has 5 nitrogen and oxygen atoms in total. The summed E-state index contributed by atoms with van der Waals surface area (Å²) in [7, 11) is 1.57. The summed E-state index contributed by atoms with van der Waals surface area (Å²) < 4.78 is 18.3. The van der Waals surface area contributed by atoms with E-state index in [1.165, 1.54) is 23.2 Å². The number of hydrogen-bond donors (Lipinski definition) is 0. The molecule has 1 aromatic carbocycles. The van der Waals surface area contributed by atoms with Gasteiger partial charge in [-0.2, -0.15) is 5.10 Å². The molecule has 22 heavy (non-hydrogen) atoms. The summed E-state index contributed by atoms with van der Waals surface area (Å²) in [4.78, 5) is 16.4. The van der Waals surface area contributed by atoms with Crippen molar-refractivity contribution < 1.29 is 13.9 Å². The molecule has 2 heterocycles. The first-order valence-corrected chi connectivity index (χ1v) is 6.81. The molecule has 0 fully saturated rings. The van der Waals surface area contributed by atoms with Crippen LogP contribution < -0.4 is 4.74 Å². The van der Waals surface area contributed by atoms with Crippen molar-refractivity contribution in [1.29, 1.82) is 0 Å². The minimum Gasteiger partial charge on any atom is -0.495 e. The topological polar surface area (TPSA) is 54.8 Å². The standard InChI is InChI=1S/C16H14FN3O2/c1-22-14-8-12(9-18-10-14)15-5-6-20(19-15)16(21)11-3-2-4-13(17)7-11/h2-4,7-10H,5-6H2,1H3. The predicted octanol–water partition coefficient (Wildman–Crippen LogP) is 2.48. The molecule has 0 spiro atoms. The summed E-state index contributed by atoms with van der Waals surface area (Å²) in [6.45, 7) is 0.460. The van der Waals surface area contributed by atoms with Crippen molar-refractivity contribution in [3.05, 3.63) is 59.7 Å². The number of nitrogens with zero attached hydrogens (tertiary/aromatic N) is 3. The Hall–Kier alpha value is -2.76. The number of carbonyl (C=O) groups is 1.